The van der Waals surface area contributed by atoms with Crippen molar-refractivity contribution in [1.29, 1.82) is 0 Å². The number of hydrogen-bond acceptors (Lipinski definition) is 4. The molecule has 1 aromatic heterocycles. The monoisotopic (exact) mass is 199 g/mol. The Balaban J connectivity index is 3.10. The third-order valence-corrected chi connectivity index (χ3v) is 1.54. The lowest BCUT2D eigenvalue weighted by molar-refractivity contribution is 0.0516. The van der Waals surface area contributed by atoms with Crippen LogP contribution in [-0.2, 0) is 4.74 Å². The third-order valence-electron chi connectivity index (χ3n) is 1.54. The first-order valence-electron chi connectivity index (χ1n) is 4.06. The van der Waals surface area contributed by atoms with Gasteiger partial charge in [-0.1, -0.05) is 0 Å². The molecule has 0 aliphatic rings. The highest BCUT2D eigenvalue weighted by atomic mass is 19.1. The van der Waals surface area contributed by atoms with Crippen LogP contribution in [0.5, 0.6) is 5.88 Å². The van der Waals surface area contributed by atoms with Crippen LogP contribution in [0.25, 0.3) is 0 Å². The summed E-state index contributed by atoms with van der Waals surface area (Å²) in [5.41, 5.74) is -0.267. The lowest BCUT2D eigenvalue weighted by atomic mass is 10.2. The normalized spacial score (nSPS) is 9.64. The molecule has 0 fully saturated rings. The van der Waals surface area contributed by atoms with Gasteiger partial charge in [-0.3, -0.25) is 0 Å². The number of carbonyl (C=O) groups is 1. The van der Waals surface area contributed by atoms with Gasteiger partial charge in [0.2, 0.25) is 5.88 Å². The van der Waals surface area contributed by atoms with Crippen LogP contribution in [0.4, 0.5) is 4.39 Å². The van der Waals surface area contributed by atoms with Gasteiger partial charge in [-0.05, 0) is 13.0 Å². The highest BCUT2D eigenvalue weighted by molar-refractivity contribution is 5.92. The summed E-state index contributed by atoms with van der Waals surface area (Å²) in [4.78, 5) is 15.0. The van der Waals surface area contributed by atoms with E-state index in [1.54, 1.807) is 6.92 Å². The van der Waals surface area contributed by atoms with Gasteiger partial charge in [0, 0.05) is 6.20 Å². The van der Waals surface area contributed by atoms with E-state index >= 15 is 0 Å². The van der Waals surface area contributed by atoms with Gasteiger partial charge in [0.15, 0.2) is 5.56 Å². The van der Waals surface area contributed by atoms with Gasteiger partial charge < -0.3 is 9.47 Å². The molecule has 0 saturated heterocycles. The number of methoxy groups -OCH3 is 1. The quantitative estimate of drug-likeness (QED) is 0.690. The fourth-order valence-electron chi connectivity index (χ4n) is 0.963. The molecule has 0 spiro atoms. The fourth-order valence-corrected chi connectivity index (χ4v) is 0.963. The van der Waals surface area contributed by atoms with Crippen LogP contribution < -0.4 is 4.74 Å². The second-order valence-electron chi connectivity index (χ2n) is 2.40. The highest BCUT2D eigenvalue weighted by Gasteiger charge is 2.19. The van der Waals surface area contributed by atoms with Gasteiger partial charge in [-0.25, -0.2) is 14.2 Å². The number of carbonyl (C=O) groups excluding carboxylic acids is 1. The van der Waals surface area contributed by atoms with Crippen molar-refractivity contribution in [3.05, 3.63) is 23.6 Å². The van der Waals surface area contributed by atoms with Crippen molar-refractivity contribution in [3.63, 3.8) is 0 Å². The summed E-state index contributed by atoms with van der Waals surface area (Å²) in [5.74, 6) is -1.53. The Morgan fingerprint density at radius 3 is 2.93 bits per heavy atom. The summed E-state index contributed by atoms with van der Waals surface area (Å²) >= 11 is 0. The molecule has 0 saturated carbocycles. The second kappa shape index (κ2) is 4.55. The topological polar surface area (TPSA) is 48.4 Å². The van der Waals surface area contributed by atoms with E-state index in [2.05, 4.69) is 9.72 Å². The van der Waals surface area contributed by atoms with Crippen LogP contribution in [0.15, 0.2) is 12.3 Å². The summed E-state index contributed by atoms with van der Waals surface area (Å²) < 4.78 is 22.6. The van der Waals surface area contributed by atoms with E-state index in [0.717, 1.165) is 6.07 Å². The van der Waals surface area contributed by atoms with Crippen molar-refractivity contribution in [2.75, 3.05) is 13.7 Å². The third kappa shape index (κ3) is 1.99. The molecule has 1 heterocycles. The van der Waals surface area contributed by atoms with Crippen LogP contribution in [0, 0.1) is 5.82 Å². The van der Waals surface area contributed by atoms with Gasteiger partial charge >= 0.3 is 5.97 Å². The van der Waals surface area contributed by atoms with E-state index < -0.39 is 11.8 Å². The number of rotatable bonds is 3. The Morgan fingerprint density at radius 2 is 2.36 bits per heavy atom. The van der Waals surface area contributed by atoms with Crippen LogP contribution in [0.1, 0.15) is 17.3 Å². The van der Waals surface area contributed by atoms with Gasteiger partial charge in [0.25, 0.3) is 0 Å². The van der Waals surface area contributed by atoms with Crippen LogP contribution in [-0.4, -0.2) is 24.7 Å². The second-order valence-corrected chi connectivity index (χ2v) is 2.40. The average Bonchev–Trinajstić information content (AvgIpc) is 2.17. The maximum Gasteiger partial charge on any atom is 0.346 e. The van der Waals surface area contributed by atoms with Crippen LogP contribution in [0.3, 0.4) is 0 Å². The first-order chi connectivity index (χ1) is 6.70. The molecular formula is C9H10FNO3. The zero-order valence-electron chi connectivity index (χ0n) is 7.91. The Kier molecular flexibility index (Phi) is 3.39. The first kappa shape index (κ1) is 10.4. The van der Waals surface area contributed by atoms with Crippen LogP contribution in [0.2, 0.25) is 0 Å². The lowest BCUT2D eigenvalue weighted by Gasteiger charge is -2.06. The minimum absolute atomic E-state index is 0.0662. The van der Waals surface area contributed by atoms with Crippen molar-refractivity contribution in [2.45, 2.75) is 6.92 Å². The molecule has 0 bridgehead atoms. The molecular weight excluding hydrogens is 189 g/mol. The van der Waals surface area contributed by atoms with Crippen LogP contribution >= 0.6 is 0 Å². The molecule has 14 heavy (non-hydrogen) atoms. The molecule has 1 aromatic rings. The molecule has 0 radical (unpaired) electrons. The molecule has 0 aromatic carbocycles. The maximum atomic E-state index is 13.2. The molecule has 76 valence electrons. The molecule has 0 aliphatic carbocycles. The minimum atomic E-state index is -0.769. The predicted octanol–water partition coefficient (Wildman–Crippen LogP) is 1.41. The Morgan fingerprint density at radius 1 is 1.64 bits per heavy atom. The lowest BCUT2D eigenvalue weighted by Crippen LogP contribution is -2.10. The zero-order valence-corrected chi connectivity index (χ0v) is 7.91. The molecule has 0 unspecified atom stereocenters. The summed E-state index contributed by atoms with van der Waals surface area (Å²) in [6.45, 7) is 1.81. The largest absolute Gasteiger partial charge is 0.480 e. The summed E-state index contributed by atoms with van der Waals surface area (Å²) in [5, 5.41) is 0. The number of pyridine rings is 1. The molecule has 1 rings (SSSR count). The molecule has 0 atom stereocenters. The average molecular weight is 199 g/mol. The van der Waals surface area contributed by atoms with Crippen molar-refractivity contribution in [1.82, 2.24) is 4.98 Å². The Bertz CT molecular complexity index is 341. The molecule has 0 amide bonds. The number of hydrogen-bond donors (Lipinski definition) is 0. The number of aromatic nitrogens is 1. The number of ether oxygens (including phenoxy) is 2. The van der Waals surface area contributed by atoms with E-state index in [0.29, 0.717) is 0 Å². The van der Waals surface area contributed by atoms with Gasteiger partial charge in [0.05, 0.1) is 13.7 Å². The first-order valence-corrected chi connectivity index (χ1v) is 4.06. The van der Waals surface area contributed by atoms with E-state index in [1.807, 2.05) is 0 Å². The Labute approximate surface area is 80.7 Å². The van der Waals surface area contributed by atoms with E-state index in [-0.39, 0.29) is 18.1 Å². The summed E-state index contributed by atoms with van der Waals surface area (Å²) in [6, 6.07) is 1.08. The van der Waals surface area contributed by atoms with E-state index in [1.165, 1.54) is 13.3 Å². The fraction of sp³-hybridized carbons (Fsp3) is 0.333. The predicted molar refractivity (Wildman–Crippen MR) is 46.7 cm³/mol. The van der Waals surface area contributed by atoms with Crippen molar-refractivity contribution in [3.8, 4) is 5.88 Å². The van der Waals surface area contributed by atoms with Gasteiger partial charge in [0.1, 0.15) is 5.82 Å². The summed E-state index contributed by atoms with van der Waals surface area (Å²) in [6.07, 6.45) is 1.22. The number of esters is 1. The van der Waals surface area contributed by atoms with E-state index in [9.17, 15) is 9.18 Å². The minimum Gasteiger partial charge on any atom is -0.480 e. The summed E-state index contributed by atoms with van der Waals surface area (Å²) in [7, 11) is 1.31. The molecule has 4 nitrogen and oxygen atoms in total. The van der Waals surface area contributed by atoms with Gasteiger partial charge in [-0.2, -0.15) is 0 Å². The standard InChI is InChI=1S/C9H10FNO3/c1-3-14-9(12)7-6(10)4-5-11-8(7)13-2/h4-5H,3H2,1-2H3. The number of nitrogens with zero attached hydrogens (tertiary/aromatic N) is 1. The van der Waals surface area contributed by atoms with Gasteiger partial charge in [-0.15, -0.1) is 0 Å². The molecule has 5 heteroatoms. The maximum absolute atomic E-state index is 13.2. The molecule has 0 N–H and O–H groups in total. The zero-order chi connectivity index (χ0) is 10.6. The highest BCUT2D eigenvalue weighted by Crippen LogP contribution is 2.18. The van der Waals surface area contributed by atoms with Crippen molar-refractivity contribution < 1.29 is 18.7 Å². The molecule has 0 aliphatic heterocycles. The van der Waals surface area contributed by atoms with E-state index in [4.69, 9.17) is 4.74 Å². The smallest absolute Gasteiger partial charge is 0.346 e. The Hall–Kier alpha value is -1.65. The SMILES string of the molecule is CCOC(=O)c1c(F)ccnc1OC. The van der Waals surface area contributed by atoms with Crippen molar-refractivity contribution >= 4 is 5.97 Å². The van der Waals surface area contributed by atoms with Crippen molar-refractivity contribution in [2.24, 2.45) is 0 Å². The number of halogens is 1.